The minimum Gasteiger partial charge on any atom is -0.462 e. The zero-order chi connectivity index (χ0) is 47.7. The Morgan fingerprint density at radius 2 is 0.652 bits per heavy atom. The summed E-state index contributed by atoms with van der Waals surface area (Å²) < 4.78 is 10.7. The molecule has 0 aliphatic rings. The van der Waals surface area contributed by atoms with E-state index in [-0.39, 0.29) is 25.2 Å². The number of aliphatic hydroxyl groups excluding tert-OH is 1. The van der Waals surface area contributed by atoms with Crippen LogP contribution in [-0.4, -0.2) is 36.4 Å². The number of rotatable bonds is 51. The highest BCUT2D eigenvalue weighted by molar-refractivity contribution is 5.70. The van der Waals surface area contributed by atoms with Gasteiger partial charge in [0.1, 0.15) is 6.61 Å². The summed E-state index contributed by atoms with van der Waals surface area (Å²) in [6, 6.07) is 0. The quantitative estimate of drug-likeness (QED) is 0.0374. The highest BCUT2D eigenvalue weighted by Gasteiger charge is 2.16. The molecule has 0 aromatic rings. The fourth-order valence-corrected chi connectivity index (χ4v) is 7.97. The van der Waals surface area contributed by atoms with Crippen molar-refractivity contribution in [2.24, 2.45) is 0 Å². The Balaban J connectivity index is 3.49. The average Bonchev–Trinajstić information content (AvgIpc) is 3.32. The summed E-state index contributed by atoms with van der Waals surface area (Å²) in [6.45, 7) is 4.03. The summed E-state index contributed by atoms with van der Waals surface area (Å²) in [5.41, 5.74) is 0. The van der Waals surface area contributed by atoms with Crippen molar-refractivity contribution in [3.63, 3.8) is 0 Å². The number of esters is 2. The number of hydrogen-bond donors (Lipinski definition) is 1. The van der Waals surface area contributed by atoms with Crippen molar-refractivity contribution in [1.29, 1.82) is 0 Å². The first-order valence-corrected chi connectivity index (χ1v) is 28.1. The minimum atomic E-state index is -0.778. The molecule has 0 aromatic heterocycles. The SMILES string of the molecule is CC/C=C\C/C=C\C/C=C\C/C=C\C/C=C\CCCCCCCCCCCCCCCCCC(=O)OC(CO)COC(=O)CCCCCCCCCCC/C=C\C/C=C\CCCCCCC. The number of aliphatic hydroxyl groups is 1. The Labute approximate surface area is 409 Å². The van der Waals surface area contributed by atoms with E-state index in [4.69, 9.17) is 9.47 Å². The largest absolute Gasteiger partial charge is 0.462 e. The van der Waals surface area contributed by atoms with Crippen molar-refractivity contribution in [3.8, 4) is 0 Å². The van der Waals surface area contributed by atoms with Crippen molar-refractivity contribution in [1.82, 2.24) is 0 Å². The second-order valence-corrected chi connectivity index (χ2v) is 18.6. The van der Waals surface area contributed by atoms with Gasteiger partial charge in [-0.3, -0.25) is 9.59 Å². The number of unbranched alkanes of at least 4 members (excludes halogenated alkanes) is 29. The summed E-state index contributed by atoms with van der Waals surface area (Å²) >= 11 is 0. The molecule has 0 fully saturated rings. The molecule has 0 saturated carbocycles. The fraction of sp³-hybridized carbons (Fsp3) is 0.738. The fourth-order valence-electron chi connectivity index (χ4n) is 7.97. The number of ether oxygens (including phenoxy) is 2. The molecule has 0 bridgehead atoms. The Morgan fingerprint density at radius 3 is 0.985 bits per heavy atom. The van der Waals surface area contributed by atoms with E-state index in [0.717, 1.165) is 77.0 Å². The van der Waals surface area contributed by atoms with Crippen LogP contribution in [0.15, 0.2) is 85.1 Å². The highest BCUT2D eigenvalue weighted by Crippen LogP contribution is 2.16. The Morgan fingerprint density at radius 1 is 0.364 bits per heavy atom. The molecule has 380 valence electrons. The van der Waals surface area contributed by atoms with Gasteiger partial charge in [-0.2, -0.15) is 0 Å². The van der Waals surface area contributed by atoms with E-state index in [0.29, 0.717) is 12.8 Å². The predicted molar refractivity (Wildman–Crippen MR) is 288 cm³/mol. The molecule has 0 aliphatic heterocycles. The van der Waals surface area contributed by atoms with E-state index in [9.17, 15) is 14.7 Å². The first-order chi connectivity index (χ1) is 32.6. The summed E-state index contributed by atoms with van der Waals surface area (Å²) in [5.74, 6) is -0.590. The van der Waals surface area contributed by atoms with Crippen LogP contribution >= 0.6 is 0 Å². The lowest BCUT2D eigenvalue weighted by molar-refractivity contribution is -0.161. The van der Waals surface area contributed by atoms with Gasteiger partial charge in [0, 0.05) is 12.8 Å². The van der Waals surface area contributed by atoms with E-state index in [1.54, 1.807) is 0 Å². The van der Waals surface area contributed by atoms with Crippen molar-refractivity contribution >= 4 is 11.9 Å². The van der Waals surface area contributed by atoms with Crippen molar-refractivity contribution in [2.75, 3.05) is 13.2 Å². The smallest absolute Gasteiger partial charge is 0.306 e. The number of carbonyl (C=O) groups excluding carboxylic acids is 2. The molecule has 1 atom stereocenters. The van der Waals surface area contributed by atoms with Gasteiger partial charge in [-0.25, -0.2) is 0 Å². The molecule has 5 heteroatoms. The molecule has 0 aromatic carbocycles. The van der Waals surface area contributed by atoms with Gasteiger partial charge in [-0.1, -0.05) is 253 Å². The van der Waals surface area contributed by atoms with Gasteiger partial charge < -0.3 is 14.6 Å². The lowest BCUT2D eigenvalue weighted by Gasteiger charge is -2.15. The van der Waals surface area contributed by atoms with E-state index < -0.39 is 6.10 Å². The molecular weight excluding hydrogens is 813 g/mol. The molecule has 0 saturated heterocycles. The van der Waals surface area contributed by atoms with Crippen LogP contribution in [0.4, 0.5) is 0 Å². The Hall–Kier alpha value is -2.92. The van der Waals surface area contributed by atoms with Crippen LogP contribution in [0.5, 0.6) is 0 Å². The molecule has 0 spiro atoms. The van der Waals surface area contributed by atoms with Gasteiger partial charge >= 0.3 is 11.9 Å². The van der Waals surface area contributed by atoms with Crippen LogP contribution in [0, 0.1) is 0 Å². The molecule has 0 rings (SSSR count). The lowest BCUT2D eigenvalue weighted by atomic mass is 10.0. The maximum atomic E-state index is 12.3. The maximum absolute atomic E-state index is 12.3. The topological polar surface area (TPSA) is 72.8 Å². The molecule has 66 heavy (non-hydrogen) atoms. The van der Waals surface area contributed by atoms with Crippen LogP contribution in [0.1, 0.15) is 271 Å². The number of hydrogen-bond acceptors (Lipinski definition) is 5. The summed E-state index contributed by atoms with van der Waals surface area (Å²) in [4.78, 5) is 24.5. The number of carbonyl (C=O) groups is 2. The molecule has 5 nitrogen and oxygen atoms in total. The molecule has 0 radical (unpaired) electrons. The molecule has 1 N–H and O–H groups in total. The summed E-state index contributed by atoms with van der Waals surface area (Å²) in [7, 11) is 0. The Bertz CT molecular complexity index is 1220. The van der Waals surface area contributed by atoms with E-state index in [1.165, 1.54) is 167 Å². The van der Waals surface area contributed by atoms with E-state index in [1.807, 2.05) is 0 Å². The predicted octanol–water partition coefficient (Wildman–Crippen LogP) is 19.0. The van der Waals surface area contributed by atoms with Crippen LogP contribution in [0.25, 0.3) is 0 Å². The molecule has 0 heterocycles. The zero-order valence-electron chi connectivity index (χ0n) is 43.4. The highest BCUT2D eigenvalue weighted by atomic mass is 16.6. The monoisotopic (exact) mass is 919 g/mol. The van der Waals surface area contributed by atoms with Gasteiger partial charge in [0.2, 0.25) is 0 Å². The van der Waals surface area contributed by atoms with Gasteiger partial charge in [-0.15, -0.1) is 0 Å². The third kappa shape index (κ3) is 53.7. The molecular formula is C61H106O5. The molecule has 0 amide bonds. The van der Waals surface area contributed by atoms with Crippen molar-refractivity contribution in [3.05, 3.63) is 85.1 Å². The second-order valence-electron chi connectivity index (χ2n) is 18.6. The third-order valence-electron chi connectivity index (χ3n) is 12.2. The van der Waals surface area contributed by atoms with E-state index >= 15 is 0 Å². The van der Waals surface area contributed by atoms with Crippen molar-refractivity contribution < 1.29 is 24.2 Å². The van der Waals surface area contributed by atoms with Crippen molar-refractivity contribution in [2.45, 2.75) is 277 Å². The first-order valence-electron chi connectivity index (χ1n) is 28.1. The summed E-state index contributed by atoms with van der Waals surface area (Å²) in [6.07, 6.45) is 78.4. The van der Waals surface area contributed by atoms with Gasteiger partial charge in [0.05, 0.1) is 6.61 Å². The standard InChI is InChI=1S/C61H106O5/c1-3-5-7-9-11-13-15-17-19-21-23-25-26-27-28-29-30-31-32-33-34-36-38-40-42-44-46-48-50-52-54-56-61(64)66-59(57-62)58-65-60(63)55-53-51-49-47-45-43-41-39-37-35-24-22-20-18-16-14-12-10-8-6-4-2/h5,7,11,13,16-19,22-25,27-28,59,62H,3-4,6,8-10,12,14-15,20-21,26,29-58H2,1-2H3/b7-5-,13-11-,18-16-,19-17-,24-22-,25-23-,28-27-. The molecule has 0 aliphatic carbocycles. The van der Waals surface area contributed by atoms with Crippen LogP contribution < -0.4 is 0 Å². The van der Waals surface area contributed by atoms with E-state index in [2.05, 4.69) is 98.9 Å². The van der Waals surface area contributed by atoms with Crippen LogP contribution in [0.3, 0.4) is 0 Å². The lowest BCUT2D eigenvalue weighted by Crippen LogP contribution is -2.28. The maximum Gasteiger partial charge on any atom is 0.306 e. The van der Waals surface area contributed by atoms with Gasteiger partial charge in [0.15, 0.2) is 6.10 Å². The van der Waals surface area contributed by atoms with Crippen LogP contribution in [-0.2, 0) is 19.1 Å². The Kier molecular flexibility index (Phi) is 53.9. The first kappa shape index (κ1) is 63.1. The summed E-state index contributed by atoms with van der Waals surface area (Å²) in [5, 5.41) is 9.65. The minimum absolute atomic E-state index is 0.0693. The van der Waals surface area contributed by atoms with Crippen LogP contribution in [0.2, 0.25) is 0 Å². The average molecular weight is 920 g/mol. The second kappa shape index (κ2) is 56.4. The zero-order valence-corrected chi connectivity index (χ0v) is 43.4. The normalized spacial score (nSPS) is 12.8. The van der Waals surface area contributed by atoms with Gasteiger partial charge in [-0.05, 0) is 89.9 Å². The number of allylic oxidation sites excluding steroid dienone is 14. The molecule has 1 unspecified atom stereocenters. The van der Waals surface area contributed by atoms with Gasteiger partial charge in [0.25, 0.3) is 0 Å². The third-order valence-corrected chi connectivity index (χ3v) is 12.2.